The maximum absolute atomic E-state index is 10.8. The van der Waals surface area contributed by atoms with Gasteiger partial charge in [0.1, 0.15) is 0 Å². The van der Waals surface area contributed by atoms with E-state index in [0.717, 1.165) is 15.0 Å². The van der Waals surface area contributed by atoms with Crippen LogP contribution in [0, 0.1) is 0 Å². The van der Waals surface area contributed by atoms with E-state index in [-0.39, 0.29) is 0 Å². The average Bonchev–Trinajstić information content (AvgIpc) is 2.59. The van der Waals surface area contributed by atoms with Crippen LogP contribution < -0.4 is 0 Å². The van der Waals surface area contributed by atoms with Crippen molar-refractivity contribution >= 4 is 27.4 Å². The highest BCUT2D eigenvalue weighted by molar-refractivity contribution is 7.19. The molecule has 0 saturated carbocycles. The Balaban J connectivity index is 2.50. The highest BCUT2D eigenvalue weighted by atomic mass is 32.1. The third-order valence-corrected chi connectivity index (χ3v) is 3.54. The number of rotatable bonds is 2. The zero-order valence-electron chi connectivity index (χ0n) is 7.73. The van der Waals surface area contributed by atoms with E-state index in [1.807, 2.05) is 30.3 Å². The highest BCUT2D eigenvalue weighted by Crippen LogP contribution is 2.30. The van der Waals surface area contributed by atoms with Crippen LogP contribution in [0.4, 0.5) is 0 Å². The zero-order valence-corrected chi connectivity index (χ0v) is 8.54. The average molecular weight is 206 g/mol. The van der Waals surface area contributed by atoms with Crippen molar-refractivity contribution in [3.63, 3.8) is 0 Å². The summed E-state index contributed by atoms with van der Waals surface area (Å²) in [6.07, 6.45) is 0. The summed E-state index contributed by atoms with van der Waals surface area (Å²) in [6.45, 7) is 1.72. The summed E-state index contributed by atoms with van der Waals surface area (Å²) >= 11 is 1.55. The van der Waals surface area contributed by atoms with Crippen molar-refractivity contribution in [2.45, 2.75) is 12.8 Å². The molecule has 0 aliphatic rings. The van der Waals surface area contributed by atoms with Crippen LogP contribution in [0.25, 0.3) is 10.1 Å². The lowest BCUT2D eigenvalue weighted by Gasteiger charge is -1.99. The minimum atomic E-state index is -0.767. The van der Waals surface area contributed by atoms with Gasteiger partial charge in [-0.3, -0.25) is 4.79 Å². The monoisotopic (exact) mass is 206 g/mol. The van der Waals surface area contributed by atoms with Crippen LogP contribution in [0.5, 0.6) is 0 Å². The van der Waals surface area contributed by atoms with Gasteiger partial charge in [0, 0.05) is 9.58 Å². The standard InChI is InChI=1S/C11H10O2S/c1-7(11(12)13)10-6-8-4-2-3-5-9(8)14-10/h2-7H,1H3,(H,12,13)/t7-/m0/s1. The number of carboxylic acids is 1. The third-order valence-electron chi connectivity index (χ3n) is 2.24. The largest absolute Gasteiger partial charge is 0.481 e. The van der Waals surface area contributed by atoms with Gasteiger partial charge in [-0.05, 0) is 24.4 Å². The third kappa shape index (κ3) is 1.51. The van der Waals surface area contributed by atoms with Crippen LogP contribution in [0.2, 0.25) is 0 Å². The van der Waals surface area contributed by atoms with Gasteiger partial charge in [-0.15, -0.1) is 11.3 Å². The van der Waals surface area contributed by atoms with Crippen molar-refractivity contribution in [2.75, 3.05) is 0 Å². The highest BCUT2D eigenvalue weighted by Gasteiger charge is 2.15. The minimum absolute atomic E-state index is 0.410. The lowest BCUT2D eigenvalue weighted by atomic mass is 10.1. The van der Waals surface area contributed by atoms with E-state index in [1.54, 1.807) is 18.3 Å². The first-order chi connectivity index (χ1) is 6.68. The molecule has 1 aromatic carbocycles. The fraction of sp³-hybridized carbons (Fsp3) is 0.182. The van der Waals surface area contributed by atoms with Gasteiger partial charge >= 0.3 is 5.97 Å². The number of aliphatic carboxylic acids is 1. The molecule has 2 rings (SSSR count). The molecule has 0 amide bonds. The molecule has 72 valence electrons. The molecule has 0 spiro atoms. The summed E-state index contributed by atoms with van der Waals surface area (Å²) < 4.78 is 1.15. The molecule has 1 N–H and O–H groups in total. The smallest absolute Gasteiger partial charge is 0.311 e. The van der Waals surface area contributed by atoms with Gasteiger partial charge in [0.15, 0.2) is 0 Å². The lowest BCUT2D eigenvalue weighted by molar-refractivity contribution is -0.138. The van der Waals surface area contributed by atoms with E-state index in [0.29, 0.717) is 0 Å². The van der Waals surface area contributed by atoms with Gasteiger partial charge < -0.3 is 5.11 Å². The fourth-order valence-corrected chi connectivity index (χ4v) is 2.45. The first kappa shape index (κ1) is 9.21. The number of carbonyl (C=O) groups is 1. The van der Waals surface area contributed by atoms with E-state index >= 15 is 0 Å². The zero-order chi connectivity index (χ0) is 10.1. The van der Waals surface area contributed by atoms with E-state index in [4.69, 9.17) is 5.11 Å². The summed E-state index contributed by atoms with van der Waals surface area (Å²) in [7, 11) is 0. The molecule has 1 atom stereocenters. The number of thiophene rings is 1. The molecule has 0 radical (unpaired) electrons. The van der Waals surface area contributed by atoms with Gasteiger partial charge in [0.25, 0.3) is 0 Å². The maximum atomic E-state index is 10.8. The Hall–Kier alpha value is -1.35. The van der Waals surface area contributed by atoms with Crippen molar-refractivity contribution < 1.29 is 9.90 Å². The number of fused-ring (bicyclic) bond motifs is 1. The quantitative estimate of drug-likeness (QED) is 0.819. The van der Waals surface area contributed by atoms with Crippen LogP contribution >= 0.6 is 11.3 Å². The van der Waals surface area contributed by atoms with Gasteiger partial charge in [0.05, 0.1) is 5.92 Å². The molecule has 0 aliphatic heterocycles. The molecule has 1 heterocycles. The van der Waals surface area contributed by atoms with Gasteiger partial charge in [0.2, 0.25) is 0 Å². The summed E-state index contributed by atoms with van der Waals surface area (Å²) in [4.78, 5) is 11.7. The van der Waals surface area contributed by atoms with Crippen LogP contribution in [-0.4, -0.2) is 11.1 Å². The molecule has 0 bridgehead atoms. The van der Waals surface area contributed by atoms with E-state index in [9.17, 15) is 4.79 Å². The molecule has 2 aromatic rings. The molecule has 1 aromatic heterocycles. The van der Waals surface area contributed by atoms with Gasteiger partial charge in [-0.25, -0.2) is 0 Å². The second-order valence-corrected chi connectivity index (χ2v) is 4.36. The predicted octanol–water partition coefficient (Wildman–Crippen LogP) is 3.09. The lowest BCUT2D eigenvalue weighted by Crippen LogP contribution is -2.04. The topological polar surface area (TPSA) is 37.3 Å². The normalized spacial score (nSPS) is 12.9. The van der Waals surface area contributed by atoms with E-state index in [2.05, 4.69) is 0 Å². The van der Waals surface area contributed by atoms with Crippen LogP contribution in [0.3, 0.4) is 0 Å². The molecular formula is C11H10O2S. The van der Waals surface area contributed by atoms with Crippen molar-refractivity contribution in [1.82, 2.24) is 0 Å². The predicted molar refractivity (Wildman–Crippen MR) is 57.9 cm³/mol. The SMILES string of the molecule is C[C@H](C(=O)O)c1cc2ccccc2s1. The Kier molecular flexibility index (Phi) is 2.25. The Morgan fingerprint density at radius 3 is 2.79 bits per heavy atom. The molecule has 0 aliphatic carbocycles. The summed E-state index contributed by atoms with van der Waals surface area (Å²) in [5, 5.41) is 9.99. The molecule has 0 unspecified atom stereocenters. The maximum Gasteiger partial charge on any atom is 0.311 e. The summed E-state index contributed by atoms with van der Waals surface area (Å²) in [5.74, 6) is -1.18. The summed E-state index contributed by atoms with van der Waals surface area (Å²) in [6, 6.07) is 9.90. The van der Waals surface area contributed by atoms with Gasteiger partial charge in [-0.2, -0.15) is 0 Å². The van der Waals surface area contributed by atoms with Crippen LogP contribution in [-0.2, 0) is 4.79 Å². The van der Waals surface area contributed by atoms with Crippen molar-refractivity contribution in [3.05, 3.63) is 35.2 Å². The first-order valence-corrected chi connectivity index (χ1v) is 5.21. The van der Waals surface area contributed by atoms with Crippen LogP contribution in [0.15, 0.2) is 30.3 Å². The minimum Gasteiger partial charge on any atom is -0.481 e. The molecular weight excluding hydrogens is 196 g/mol. The first-order valence-electron chi connectivity index (χ1n) is 4.40. The van der Waals surface area contributed by atoms with E-state index < -0.39 is 11.9 Å². The number of hydrogen-bond donors (Lipinski definition) is 1. The second-order valence-electron chi connectivity index (χ2n) is 3.25. The van der Waals surface area contributed by atoms with Crippen molar-refractivity contribution in [3.8, 4) is 0 Å². The second kappa shape index (κ2) is 3.42. The Bertz CT molecular complexity index is 440. The molecule has 2 nitrogen and oxygen atoms in total. The number of hydrogen-bond acceptors (Lipinski definition) is 2. The number of benzene rings is 1. The Morgan fingerprint density at radius 2 is 2.14 bits per heavy atom. The summed E-state index contributed by atoms with van der Waals surface area (Å²) in [5.41, 5.74) is 0. The molecule has 0 saturated heterocycles. The Labute approximate surface area is 85.8 Å². The van der Waals surface area contributed by atoms with Crippen molar-refractivity contribution in [1.29, 1.82) is 0 Å². The fourth-order valence-electron chi connectivity index (χ4n) is 1.34. The van der Waals surface area contributed by atoms with Crippen LogP contribution in [0.1, 0.15) is 17.7 Å². The molecule has 3 heteroatoms. The van der Waals surface area contributed by atoms with Gasteiger partial charge in [-0.1, -0.05) is 18.2 Å². The Morgan fingerprint density at radius 1 is 1.43 bits per heavy atom. The number of carboxylic acid groups (broad SMARTS) is 1. The molecule has 0 fully saturated rings. The molecule has 14 heavy (non-hydrogen) atoms. The van der Waals surface area contributed by atoms with Crippen molar-refractivity contribution in [2.24, 2.45) is 0 Å². The van der Waals surface area contributed by atoms with E-state index in [1.165, 1.54) is 0 Å².